The topological polar surface area (TPSA) is 66.4 Å². The first kappa shape index (κ1) is 17.1. The van der Waals surface area contributed by atoms with E-state index in [4.69, 9.17) is 5.11 Å². The summed E-state index contributed by atoms with van der Waals surface area (Å²) in [5, 5.41) is 11.1. The summed E-state index contributed by atoms with van der Waals surface area (Å²) < 4.78 is 35.7. The molecule has 0 saturated carbocycles. The molecule has 0 rings (SSSR count). The monoisotopic (exact) mass is 287 g/mol. The van der Waals surface area contributed by atoms with E-state index in [9.17, 15) is 22.8 Å². The zero-order valence-corrected chi connectivity index (χ0v) is 11.0. The van der Waals surface area contributed by atoms with Crippen LogP contribution in [-0.2, 0) is 9.59 Å². The standard InChI is InChI=1S/C10H16F3NO3S/c1-3-9(4-2,5-8(16)17)14-7(15)6-18-10(11,12)13/h3-6H2,1-2H3,(H,14,15)(H,16,17). The predicted octanol–water partition coefficient (Wildman–Crippen LogP) is 2.39. The van der Waals surface area contributed by atoms with Gasteiger partial charge in [-0.05, 0) is 24.6 Å². The van der Waals surface area contributed by atoms with Crippen LogP contribution in [0.1, 0.15) is 33.1 Å². The average Bonchev–Trinajstić information content (AvgIpc) is 2.24. The molecular formula is C10H16F3NO3S. The number of hydrogen-bond donors (Lipinski definition) is 2. The molecule has 0 atom stereocenters. The van der Waals surface area contributed by atoms with Crippen LogP contribution in [0.2, 0.25) is 0 Å². The minimum atomic E-state index is -4.47. The lowest BCUT2D eigenvalue weighted by molar-refractivity contribution is -0.139. The summed E-state index contributed by atoms with van der Waals surface area (Å²) in [4.78, 5) is 22.1. The molecule has 4 nitrogen and oxygen atoms in total. The molecule has 18 heavy (non-hydrogen) atoms. The molecule has 0 fully saturated rings. The Morgan fingerprint density at radius 1 is 1.22 bits per heavy atom. The minimum absolute atomic E-state index is 0.303. The molecule has 0 aliphatic heterocycles. The van der Waals surface area contributed by atoms with Crippen LogP contribution in [-0.4, -0.2) is 33.8 Å². The van der Waals surface area contributed by atoms with Gasteiger partial charge >= 0.3 is 11.5 Å². The summed E-state index contributed by atoms with van der Waals surface area (Å²) in [6, 6.07) is 0. The lowest BCUT2D eigenvalue weighted by Gasteiger charge is -2.31. The first-order valence-electron chi connectivity index (χ1n) is 5.37. The Balaban J connectivity index is 4.49. The summed E-state index contributed by atoms with van der Waals surface area (Å²) in [5.41, 5.74) is -5.44. The van der Waals surface area contributed by atoms with Gasteiger partial charge in [0.25, 0.3) is 0 Å². The molecule has 0 aromatic heterocycles. The highest BCUT2D eigenvalue weighted by Crippen LogP contribution is 2.30. The second-order valence-corrected chi connectivity index (χ2v) is 4.88. The Hall–Kier alpha value is -0.920. The van der Waals surface area contributed by atoms with Crippen molar-refractivity contribution in [1.82, 2.24) is 5.32 Å². The molecule has 0 aliphatic carbocycles. The average molecular weight is 287 g/mol. The highest BCUT2D eigenvalue weighted by molar-refractivity contribution is 8.00. The summed E-state index contributed by atoms with van der Waals surface area (Å²) in [6.07, 6.45) is 0.388. The highest BCUT2D eigenvalue weighted by atomic mass is 32.2. The van der Waals surface area contributed by atoms with Gasteiger partial charge in [0, 0.05) is 5.54 Å². The van der Waals surface area contributed by atoms with E-state index in [-0.39, 0.29) is 6.42 Å². The lowest BCUT2D eigenvalue weighted by atomic mass is 9.89. The van der Waals surface area contributed by atoms with Crippen LogP contribution in [0, 0.1) is 0 Å². The van der Waals surface area contributed by atoms with Crippen LogP contribution in [0.3, 0.4) is 0 Å². The summed E-state index contributed by atoms with van der Waals surface area (Å²) in [7, 11) is 0. The Bertz CT molecular complexity index is 303. The van der Waals surface area contributed by atoms with Gasteiger partial charge in [0.2, 0.25) is 5.91 Å². The maximum atomic E-state index is 11.9. The van der Waals surface area contributed by atoms with Gasteiger partial charge < -0.3 is 10.4 Å². The fourth-order valence-corrected chi connectivity index (χ4v) is 1.86. The zero-order valence-electron chi connectivity index (χ0n) is 10.1. The van der Waals surface area contributed by atoms with Crippen LogP contribution in [0.25, 0.3) is 0 Å². The van der Waals surface area contributed by atoms with E-state index in [2.05, 4.69) is 5.32 Å². The van der Waals surface area contributed by atoms with E-state index >= 15 is 0 Å². The Morgan fingerprint density at radius 3 is 2.06 bits per heavy atom. The largest absolute Gasteiger partial charge is 0.481 e. The maximum Gasteiger partial charge on any atom is 0.442 e. The van der Waals surface area contributed by atoms with Crippen LogP contribution in [0.5, 0.6) is 0 Å². The minimum Gasteiger partial charge on any atom is -0.481 e. The Morgan fingerprint density at radius 2 is 1.72 bits per heavy atom. The number of carboxylic acids is 1. The fraction of sp³-hybridized carbons (Fsp3) is 0.800. The van der Waals surface area contributed by atoms with Crippen molar-refractivity contribution in [3.63, 3.8) is 0 Å². The van der Waals surface area contributed by atoms with E-state index in [1.807, 2.05) is 0 Å². The van der Waals surface area contributed by atoms with Crippen LogP contribution in [0.4, 0.5) is 13.2 Å². The number of rotatable bonds is 7. The van der Waals surface area contributed by atoms with Gasteiger partial charge in [-0.25, -0.2) is 0 Å². The van der Waals surface area contributed by atoms with Gasteiger partial charge in [-0.1, -0.05) is 13.8 Å². The van der Waals surface area contributed by atoms with Crippen molar-refractivity contribution < 1.29 is 27.9 Å². The van der Waals surface area contributed by atoms with Crippen molar-refractivity contribution in [3.8, 4) is 0 Å². The number of alkyl halides is 3. The molecule has 0 aliphatic rings. The van der Waals surface area contributed by atoms with E-state index in [0.29, 0.717) is 12.8 Å². The van der Waals surface area contributed by atoms with E-state index in [1.165, 1.54) is 0 Å². The Labute approximate surface area is 107 Å². The van der Waals surface area contributed by atoms with Crippen molar-refractivity contribution >= 4 is 23.6 Å². The van der Waals surface area contributed by atoms with Crippen LogP contribution in [0.15, 0.2) is 0 Å². The summed E-state index contributed by atoms with van der Waals surface area (Å²) >= 11 is -0.437. The molecular weight excluding hydrogens is 271 g/mol. The molecule has 0 bridgehead atoms. The second-order valence-electron chi connectivity index (χ2n) is 3.84. The third-order valence-corrected chi connectivity index (χ3v) is 3.35. The predicted molar refractivity (Wildman–Crippen MR) is 62.2 cm³/mol. The van der Waals surface area contributed by atoms with Gasteiger partial charge in [0.15, 0.2) is 0 Å². The van der Waals surface area contributed by atoms with Gasteiger partial charge in [-0.2, -0.15) is 13.2 Å². The van der Waals surface area contributed by atoms with Gasteiger partial charge in [0.05, 0.1) is 12.2 Å². The van der Waals surface area contributed by atoms with Crippen LogP contribution < -0.4 is 5.32 Å². The molecule has 1 amide bonds. The number of thioether (sulfide) groups is 1. The molecule has 0 radical (unpaired) electrons. The zero-order chi connectivity index (χ0) is 14.4. The van der Waals surface area contributed by atoms with Crippen molar-refractivity contribution in [1.29, 1.82) is 0 Å². The summed E-state index contributed by atoms with van der Waals surface area (Å²) in [6.45, 7) is 3.37. The molecule has 0 aromatic carbocycles. The maximum absolute atomic E-state index is 11.9. The van der Waals surface area contributed by atoms with Gasteiger partial charge in [0.1, 0.15) is 0 Å². The van der Waals surface area contributed by atoms with Crippen molar-refractivity contribution in [3.05, 3.63) is 0 Å². The first-order chi connectivity index (χ1) is 8.14. The number of carboxylic acid groups (broad SMARTS) is 1. The van der Waals surface area contributed by atoms with Gasteiger partial charge in [-0.3, -0.25) is 9.59 Å². The van der Waals surface area contributed by atoms with Crippen molar-refractivity contribution in [2.45, 2.75) is 44.2 Å². The molecule has 106 valence electrons. The van der Waals surface area contributed by atoms with Gasteiger partial charge in [-0.15, -0.1) is 0 Å². The molecule has 0 saturated heterocycles. The second kappa shape index (κ2) is 6.86. The number of halogens is 3. The highest BCUT2D eigenvalue weighted by Gasteiger charge is 2.33. The third-order valence-electron chi connectivity index (χ3n) is 2.61. The number of hydrogen-bond acceptors (Lipinski definition) is 3. The van der Waals surface area contributed by atoms with Crippen LogP contribution >= 0.6 is 11.8 Å². The van der Waals surface area contributed by atoms with Crippen molar-refractivity contribution in [2.24, 2.45) is 0 Å². The Kier molecular flexibility index (Phi) is 6.51. The smallest absolute Gasteiger partial charge is 0.442 e. The fourth-order valence-electron chi connectivity index (χ4n) is 1.49. The molecule has 8 heteroatoms. The quantitative estimate of drug-likeness (QED) is 0.754. The molecule has 2 N–H and O–H groups in total. The lowest BCUT2D eigenvalue weighted by Crippen LogP contribution is -2.49. The SMILES string of the molecule is CCC(CC)(CC(=O)O)NC(=O)CSC(F)(F)F. The molecule has 0 spiro atoms. The van der Waals surface area contributed by atoms with E-state index < -0.39 is 40.4 Å². The first-order valence-corrected chi connectivity index (χ1v) is 6.36. The molecule has 0 heterocycles. The summed E-state index contributed by atoms with van der Waals surface area (Å²) in [5.74, 6) is -2.66. The number of nitrogens with one attached hydrogen (secondary N) is 1. The number of carbonyl (C=O) groups excluding carboxylic acids is 1. The van der Waals surface area contributed by atoms with E-state index in [1.54, 1.807) is 13.8 Å². The number of carbonyl (C=O) groups is 2. The van der Waals surface area contributed by atoms with Crippen molar-refractivity contribution in [2.75, 3.05) is 5.75 Å². The number of aliphatic carboxylic acids is 1. The third kappa shape index (κ3) is 6.73. The normalized spacial score (nSPS) is 12.3. The molecule has 0 unspecified atom stereocenters. The number of amides is 1. The van der Waals surface area contributed by atoms with E-state index in [0.717, 1.165) is 0 Å². The molecule has 0 aromatic rings.